The molecule has 8 heteroatoms. The van der Waals surface area contributed by atoms with E-state index in [-0.39, 0.29) is 18.4 Å². The summed E-state index contributed by atoms with van der Waals surface area (Å²) in [6.07, 6.45) is 0. The molecule has 2 aliphatic rings. The van der Waals surface area contributed by atoms with Crippen molar-refractivity contribution in [2.45, 2.75) is 26.5 Å². The number of hydrogen-bond donors (Lipinski definition) is 1. The van der Waals surface area contributed by atoms with Gasteiger partial charge in [-0.3, -0.25) is 4.79 Å². The molecule has 0 spiro atoms. The van der Waals surface area contributed by atoms with E-state index < -0.39 is 0 Å². The summed E-state index contributed by atoms with van der Waals surface area (Å²) in [6.45, 7) is 1.43. The summed E-state index contributed by atoms with van der Waals surface area (Å²) in [6, 6.07) is 40.9. The molecule has 10 rings (SSSR count). The summed E-state index contributed by atoms with van der Waals surface area (Å²) in [4.78, 5) is 21.0. The van der Waals surface area contributed by atoms with Gasteiger partial charge in [-0.1, -0.05) is 78.1 Å². The number of nitrogens with zero attached hydrogens (tertiary/aromatic N) is 2. The third kappa shape index (κ3) is 5.08. The molecule has 0 unspecified atom stereocenters. The van der Waals surface area contributed by atoms with Crippen LogP contribution in [0, 0.1) is 0 Å². The first-order valence-corrected chi connectivity index (χ1v) is 17.2. The summed E-state index contributed by atoms with van der Waals surface area (Å²) >= 11 is 3.55. The van der Waals surface area contributed by atoms with Gasteiger partial charge in [0.05, 0.1) is 21.8 Å². The van der Waals surface area contributed by atoms with Crippen molar-refractivity contribution >= 4 is 73.1 Å². The Morgan fingerprint density at radius 3 is 2.06 bits per heavy atom. The molecule has 0 saturated heterocycles. The molecule has 1 N–H and O–H groups in total. The molecule has 2 aromatic heterocycles. The molecule has 0 bridgehead atoms. The third-order valence-electron chi connectivity index (χ3n) is 8.98. The lowest BCUT2D eigenvalue weighted by Gasteiger charge is -2.21. The van der Waals surface area contributed by atoms with Crippen LogP contribution in [-0.2, 0) is 11.8 Å². The van der Waals surface area contributed by atoms with Crippen LogP contribution < -0.4 is 21.7 Å². The molecule has 0 saturated carbocycles. The molecule has 0 atom stereocenters. The van der Waals surface area contributed by atoms with Crippen molar-refractivity contribution in [3.63, 3.8) is 0 Å². The molecular formula is C41H27ClN2O3S2. The monoisotopic (exact) mass is 694 g/mol. The Morgan fingerprint density at radius 1 is 0.653 bits per heavy atom. The number of ether oxygens (including phenoxy) is 1. The molecule has 5 nitrogen and oxygen atoms in total. The number of rotatable bonds is 1. The topological polar surface area (TPSA) is 63.3 Å². The zero-order chi connectivity index (χ0) is 32.5. The number of phenolic OH excluding ortho intramolecular Hbond substituents is 1. The number of aryl methyl sites for hydroxylation is 1. The number of phenols is 1. The number of hydrogen-bond acceptors (Lipinski definition) is 6. The van der Waals surface area contributed by atoms with Gasteiger partial charge >= 0.3 is 5.97 Å². The number of para-hydroxylation sites is 2. The highest BCUT2D eigenvalue weighted by Crippen LogP contribution is 2.51. The Balaban J connectivity index is 0.000000141. The molecule has 0 radical (unpaired) electrons. The maximum atomic E-state index is 11.3. The fourth-order valence-corrected chi connectivity index (χ4v) is 9.38. The number of benzene rings is 6. The second-order valence-corrected chi connectivity index (χ2v) is 14.0. The standard InChI is InChI=1S/C22H16NO2S.C19H11NOS.ClH/c1-13(24)25-14-10-11-20-17(12-14)15-7-5-9-19-21(15)22(26-20)16-6-3-4-8-18(16)23(19)2;21-11-8-9-17-14(10-11)12-5-3-7-16-18(12)19(22-17)13-4-1-2-6-15(13)20-16;/h3-12H,1-2H3;1-10,21H;1H/q+1;;/p-1. The van der Waals surface area contributed by atoms with Crippen molar-refractivity contribution in [2.75, 3.05) is 0 Å². The van der Waals surface area contributed by atoms with E-state index in [1.54, 1.807) is 29.6 Å². The van der Waals surface area contributed by atoms with Gasteiger partial charge < -0.3 is 22.3 Å². The number of pyridine rings is 2. The van der Waals surface area contributed by atoms with Gasteiger partial charge in [0.2, 0.25) is 11.0 Å². The molecule has 8 aromatic rings. The SMILES string of the molecule is CC(=O)Oc1ccc2c(c1)-c1cccc3c1c(c1ccccc1[n+]3C)S2.Oc1ccc2c(c1)-c1cccc3nc4ccccc4c(c13)S2.[Cl-]. The first-order valence-electron chi connectivity index (χ1n) is 15.6. The number of aromatic nitrogens is 2. The van der Waals surface area contributed by atoms with Crippen LogP contribution in [0.25, 0.3) is 65.9 Å². The fourth-order valence-electron chi connectivity index (χ4n) is 6.92. The van der Waals surface area contributed by atoms with Crippen LogP contribution in [0.15, 0.2) is 141 Å². The van der Waals surface area contributed by atoms with Crippen molar-refractivity contribution < 1.29 is 31.6 Å². The quantitative estimate of drug-likeness (QED) is 0.0856. The second-order valence-electron chi connectivity index (χ2n) is 11.9. The van der Waals surface area contributed by atoms with Gasteiger partial charge in [-0.15, -0.1) is 0 Å². The predicted molar refractivity (Wildman–Crippen MR) is 194 cm³/mol. The van der Waals surface area contributed by atoms with Gasteiger partial charge in [-0.05, 0) is 71.3 Å². The van der Waals surface area contributed by atoms with Crippen LogP contribution in [0.1, 0.15) is 6.92 Å². The minimum Gasteiger partial charge on any atom is -1.00 e. The molecule has 0 fully saturated rings. The van der Waals surface area contributed by atoms with Gasteiger partial charge in [-0.2, -0.15) is 4.57 Å². The van der Waals surface area contributed by atoms with Crippen LogP contribution in [0.4, 0.5) is 0 Å². The average Bonchev–Trinajstić information content (AvgIpc) is 3.11. The summed E-state index contributed by atoms with van der Waals surface area (Å²) in [5.41, 5.74) is 8.98. The highest BCUT2D eigenvalue weighted by molar-refractivity contribution is 8.00. The summed E-state index contributed by atoms with van der Waals surface area (Å²) < 4.78 is 7.55. The Hall–Kier alpha value is -5.08. The summed E-state index contributed by atoms with van der Waals surface area (Å²) in [5, 5.41) is 14.7. The average molecular weight is 695 g/mol. The fraction of sp³-hybridized carbons (Fsp3) is 0.0488. The van der Waals surface area contributed by atoms with E-state index in [0.717, 1.165) is 27.7 Å². The van der Waals surface area contributed by atoms with Crippen molar-refractivity contribution in [1.29, 1.82) is 0 Å². The van der Waals surface area contributed by atoms with Crippen molar-refractivity contribution in [1.82, 2.24) is 4.98 Å². The lowest BCUT2D eigenvalue weighted by Crippen LogP contribution is -3.00. The van der Waals surface area contributed by atoms with E-state index in [1.807, 2.05) is 42.5 Å². The zero-order valence-corrected chi connectivity index (χ0v) is 28.8. The predicted octanol–water partition coefficient (Wildman–Crippen LogP) is 7.10. The van der Waals surface area contributed by atoms with Gasteiger partial charge in [-0.25, -0.2) is 4.98 Å². The largest absolute Gasteiger partial charge is 1.00 e. The first-order chi connectivity index (χ1) is 23.4. The molecule has 4 heterocycles. The van der Waals surface area contributed by atoms with Crippen LogP contribution in [0.5, 0.6) is 11.5 Å². The van der Waals surface area contributed by atoms with Gasteiger partial charge in [0.1, 0.15) is 18.5 Å². The maximum absolute atomic E-state index is 11.3. The second kappa shape index (κ2) is 12.1. The van der Waals surface area contributed by atoms with E-state index in [0.29, 0.717) is 11.5 Å². The van der Waals surface area contributed by atoms with Crippen molar-refractivity contribution in [2.24, 2.45) is 7.05 Å². The zero-order valence-electron chi connectivity index (χ0n) is 26.4. The maximum Gasteiger partial charge on any atom is 0.308 e. The first kappa shape index (κ1) is 31.2. The van der Waals surface area contributed by atoms with Crippen LogP contribution in [-0.4, -0.2) is 16.1 Å². The van der Waals surface area contributed by atoms with Crippen molar-refractivity contribution in [3.8, 4) is 33.8 Å². The smallest absolute Gasteiger partial charge is 0.308 e. The van der Waals surface area contributed by atoms with E-state index in [1.165, 1.54) is 64.6 Å². The van der Waals surface area contributed by atoms with Gasteiger partial charge in [0.15, 0.2) is 0 Å². The summed E-state index contributed by atoms with van der Waals surface area (Å²) in [5.74, 6) is 0.584. The number of esters is 1. The van der Waals surface area contributed by atoms with E-state index in [4.69, 9.17) is 9.72 Å². The molecule has 6 aromatic carbocycles. The Morgan fingerprint density at radius 2 is 1.27 bits per heavy atom. The minimum atomic E-state index is -0.301. The Bertz CT molecular complexity index is 2680. The van der Waals surface area contributed by atoms with Crippen molar-refractivity contribution in [3.05, 3.63) is 121 Å². The molecule has 0 aliphatic carbocycles. The lowest BCUT2D eigenvalue weighted by molar-refractivity contribution is -0.617. The normalized spacial score (nSPS) is 12.1. The number of aromatic hydroxyl groups is 1. The molecular weight excluding hydrogens is 668 g/mol. The van der Waals surface area contributed by atoms with Crippen LogP contribution >= 0.6 is 23.5 Å². The molecule has 238 valence electrons. The molecule has 0 amide bonds. The minimum absolute atomic E-state index is 0. The van der Waals surface area contributed by atoms with E-state index in [2.05, 4.69) is 84.4 Å². The Labute approximate surface area is 297 Å². The van der Waals surface area contributed by atoms with Gasteiger partial charge in [0.25, 0.3) is 0 Å². The van der Waals surface area contributed by atoms with E-state index in [9.17, 15) is 9.90 Å². The number of carbonyl (C=O) groups excluding carboxylic acids is 1. The van der Waals surface area contributed by atoms with Crippen LogP contribution in [0.2, 0.25) is 0 Å². The number of fused-ring (bicyclic) bond motifs is 8. The third-order valence-corrected chi connectivity index (χ3v) is 11.4. The number of halogens is 1. The highest BCUT2D eigenvalue weighted by Gasteiger charge is 2.27. The highest BCUT2D eigenvalue weighted by atomic mass is 35.5. The van der Waals surface area contributed by atoms with Crippen LogP contribution in [0.3, 0.4) is 0 Å². The molecule has 49 heavy (non-hydrogen) atoms. The van der Waals surface area contributed by atoms with Gasteiger partial charge in [0, 0.05) is 55.0 Å². The summed E-state index contributed by atoms with van der Waals surface area (Å²) in [7, 11) is 2.11. The lowest BCUT2D eigenvalue weighted by atomic mass is 9.98. The Kier molecular flexibility index (Phi) is 7.71. The molecule has 2 aliphatic heterocycles. The number of carbonyl (C=O) groups is 1. The van der Waals surface area contributed by atoms with E-state index >= 15 is 0 Å².